The Morgan fingerprint density at radius 1 is 1.77 bits per heavy atom. The Bertz CT molecular complexity index is 184. The molecule has 4 nitrogen and oxygen atoms in total. The molecule has 1 aliphatic rings. The van der Waals surface area contributed by atoms with Gasteiger partial charge in [0.05, 0.1) is 0 Å². The van der Waals surface area contributed by atoms with Crippen molar-refractivity contribution >= 4 is 5.97 Å². The molecule has 1 heterocycles. The first-order valence-corrected chi connectivity index (χ1v) is 4.84. The third-order valence-electron chi connectivity index (χ3n) is 2.72. The van der Waals surface area contributed by atoms with E-state index in [1.807, 2.05) is 0 Å². The van der Waals surface area contributed by atoms with Crippen LogP contribution < -0.4 is 5.73 Å². The molecule has 1 fully saturated rings. The van der Waals surface area contributed by atoms with Gasteiger partial charge in [0.1, 0.15) is 6.04 Å². The number of hydrogen-bond acceptors (Lipinski definition) is 3. The van der Waals surface area contributed by atoms with Crippen molar-refractivity contribution in [2.45, 2.75) is 25.8 Å². The molecule has 3 N–H and O–H groups in total. The number of carboxylic acids is 1. The van der Waals surface area contributed by atoms with Crippen LogP contribution >= 0.6 is 0 Å². The van der Waals surface area contributed by atoms with Crippen molar-refractivity contribution in [3.63, 3.8) is 0 Å². The van der Waals surface area contributed by atoms with Gasteiger partial charge in [0.15, 0.2) is 0 Å². The van der Waals surface area contributed by atoms with E-state index in [1.54, 1.807) is 0 Å². The van der Waals surface area contributed by atoms with E-state index in [9.17, 15) is 4.79 Å². The average molecular weight is 186 g/mol. The van der Waals surface area contributed by atoms with Crippen LogP contribution in [-0.4, -0.2) is 41.7 Å². The Labute approximate surface area is 78.7 Å². The Morgan fingerprint density at radius 2 is 2.46 bits per heavy atom. The van der Waals surface area contributed by atoms with Gasteiger partial charge in [-0.1, -0.05) is 6.92 Å². The van der Waals surface area contributed by atoms with Gasteiger partial charge in [0.25, 0.3) is 0 Å². The third-order valence-corrected chi connectivity index (χ3v) is 2.72. The quantitative estimate of drug-likeness (QED) is 0.655. The summed E-state index contributed by atoms with van der Waals surface area (Å²) in [4.78, 5) is 12.8. The maximum Gasteiger partial charge on any atom is 0.320 e. The fourth-order valence-corrected chi connectivity index (χ4v) is 1.85. The lowest BCUT2D eigenvalue weighted by molar-refractivity contribution is -0.138. The average Bonchev–Trinajstić information content (AvgIpc) is 2.52. The fraction of sp³-hybridized carbons (Fsp3) is 0.889. The molecule has 0 aromatic carbocycles. The maximum atomic E-state index is 10.5. The summed E-state index contributed by atoms with van der Waals surface area (Å²) >= 11 is 0. The van der Waals surface area contributed by atoms with Gasteiger partial charge in [-0.05, 0) is 31.8 Å². The molecule has 0 radical (unpaired) electrons. The second-order valence-electron chi connectivity index (χ2n) is 3.73. The molecule has 0 aromatic rings. The predicted octanol–water partition coefficient (Wildman–Crippen LogP) is 0.130. The summed E-state index contributed by atoms with van der Waals surface area (Å²) in [5, 5.41) is 8.63. The Kier molecular flexibility index (Phi) is 3.69. The standard InChI is InChI=1S/C9H18N2O2/c1-2-11-4-3-7(6-11)5-8(10)9(12)13/h7-8H,2-6,10H2,1H3,(H,12,13). The van der Waals surface area contributed by atoms with Crippen LogP contribution in [0.5, 0.6) is 0 Å². The van der Waals surface area contributed by atoms with Crippen LogP contribution in [0.3, 0.4) is 0 Å². The van der Waals surface area contributed by atoms with E-state index in [4.69, 9.17) is 10.8 Å². The number of aliphatic carboxylic acids is 1. The fourth-order valence-electron chi connectivity index (χ4n) is 1.85. The Balaban J connectivity index is 2.27. The van der Waals surface area contributed by atoms with Gasteiger partial charge in [-0.15, -0.1) is 0 Å². The van der Waals surface area contributed by atoms with Crippen LogP contribution in [0.2, 0.25) is 0 Å². The summed E-state index contributed by atoms with van der Waals surface area (Å²) in [6, 6.07) is -0.679. The molecule has 0 aromatic heterocycles. The molecule has 2 atom stereocenters. The first kappa shape index (κ1) is 10.5. The number of rotatable bonds is 4. The van der Waals surface area contributed by atoms with Gasteiger partial charge >= 0.3 is 5.97 Å². The first-order chi connectivity index (χ1) is 6.13. The molecule has 76 valence electrons. The lowest BCUT2D eigenvalue weighted by Gasteiger charge is -2.14. The monoisotopic (exact) mass is 186 g/mol. The molecule has 0 saturated carbocycles. The minimum atomic E-state index is -0.880. The molecular formula is C9H18N2O2. The molecule has 4 heteroatoms. The van der Waals surface area contributed by atoms with E-state index in [2.05, 4.69) is 11.8 Å². The van der Waals surface area contributed by atoms with Gasteiger partial charge in [0.2, 0.25) is 0 Å². The van der Waals surface area contributed by atoms with Crippen LogP contribution in [-0.2, 0) is 4.79 Å². The topological polar surface area (TPSA) is 66.6 Å². The van der Waals surface area contributed by atoms with Crippen LogP contribution in [0, 0.1) is 5.92 Å². The van der Waals surface area contributed by atoms with Gasteiger partial charge in [-0.2, -0.15) is 0 Å². The van der Waals surface area contributed by atoms with E-state index in [0.717, 1.165) is 26.1 Å². The molecule has 1 saturated heterocycles. The second-order valence-corrected chi connectivity index (χ2v) is 3.73. The summed E-state index contributed by atoms with van der Waals surface area (Å²) in [5.74, 6) is -0.402. The Morgan fingerprint density at radius 3 is 2.92 bits per heavy atom. The van der Waals surface area contributed by atoms with Crippen LogP contribution in [0.4, 0.5) is 0 Å². The zero-order valence-corrected chi connectivity index (χ0v) is 8.07. The van der Waals surface area contributed by atoms with Gasteiger partial charge < -0.3 is 15.7 Å². The maximum absolute atomic E-state index is 10.5. The van der Waals surface area contributed by atoms with Crippen molar-refractivity contribution in [2.75, 3.05) is 19.6 Å². The molecule has 0 amide bonds. The van der Waals surface area contributed by atoms with Crippen molar-refractivity contribution in [3.8, 4) is 0 Å². The number of nitrogens with two attached hydrogens (primary N) is 1. The molecule has 0 aliphatic carbocycles. The molecular weight excluding hydrogens is 168 g/mol. The van der Waals surface area contributed by atoms with Crippen molar-refractivity contribution < 1.29 is 9.90 Å². The van der Waals surface area contributed by atoms with Crippen LogP contribution in [0.1, 0.15) is 19.8 Å². The van der Waals surface area contributed by atoms with Crippen molar-refractivity contribution in [1.82, 2.24) is 4.90 Å². The first-order valence-electron chi connectivity index (χ1n) is 4.84. The highest BCUT2D eigenvalue weighted by molar-refractivity contribution is 5.73. The highest BCUT2D eigenvalue weighted by Crippen LogP contribution is 2.19. The summed E-state index contributed by atoms with van der Waals surface area (Å²) in [6.07, 6.45) is 1.71. The van der Waals surface area contributed by atoms with Gasteiger partial charge in [-0.3, -0.25) is 4.79 Å². The highest BCUT2D eigenvalue weighted by atomic mass is 16.4. The van der Waals surface area contributed by atoms with E-state index in [0.29, 0.717) is 12.3 Å². The lowest BCUT2D eigenvalue weighted by atomic mass is 10.00. The zero-order chi connectivity index (χ0) is 9.84. The number of likely N-dealkylation sites (tertiary alicyclic amines) is 1. The van der Waals surface area contributed by atoms with Gasteiger partial charge in [-0.25, -0.2) is 0 Å². The van der Waals surface area contributed by atoms with Gasteiger partial charge in [0, 0.05) is 6.54 Å². The summed E-state index contributed by atoms with van der Waals surface area (Å²) < 4.78 is 0. The lowest BCUT2D eigenvalue weighted by Crippen LogP contribution is -2.33. The SMILES string of the molecule is CCN1CCC(CC(N)C(=O)O)C1. The molecule has 1 rings (SSSR count). The number of nitrogens with zero attached hydrogens (tertiary/aromatic N) is 1. The number of hydrogen-bond donors (Lipinski definition) is 2. The predicted molar refractivity (Wildman–Crippen MR) is 50.4 cm³/mol. The van der Waals surface area contributed by atoms with Crippen LogP contribution in [0.15, 0.2) is 0 Å². The zero-order valence-electron chi connectivity index (χ0n) is 8.07. The molecule has 0 spiro atoms. The second kappa shape index (κ2) is 4.58. The van der Waals surface area contributed by atoms with Crippen LogP contribution in [0.25, 0.3) is 0 Å². The third kappa shape index (κ3) is 2.97. The molecule has 2 unspecified atom stereocenters. The number of carboxylic acid groups (broad SMARTS) is 1. The normalized spacial score (nSPS) is 26.2. The smallest absolute Gasteiger partial charge is 0.320 e. The van der Waals surface area contributed by atoms with E-state index in [-0.39, 0.29) is 0 Å². The molecule has 13 heavy (non-hydrogen) atoms. The Hall–Kier alpha value is -0.610. The molecule has 0 bridgehead atoms. The summed E-state index contributed by atoms with van der Waals surface area (Å²) in [5.41, 5.74) is 5.47. The summed E-state index contributed by atoms with van der Waals surface area (Å²) in [7, 11) is 0. The highest BCUT2D eigenvalue weighted by Gasteiger charge is 2.25. The molecule has 1 aliphatic heterocycles. The number of carbonyl (C=O) groups is 1. The minimum Gasteiger partial charge on any atom is -0.480 e. The van der Waals surface area contributed by atoms with E-state index < -0.39 is 12.0 Å². The summed E-state index contributed by atoms with van der Waals surface area (Å²) in [6.45, 7) is 5.28. The van der Waals surface area contributed by atoms with Crippen molar-refractivity contribution in [1.29, 1.82) is 0 Å². The minimum absolute atomic E-state index is 0.478. The largest absolute Gasteiger partial charge is 0.480 e. The van der Waals surface area contributed by atoms with E-state index >= 15 is 0 Å². The van der Waals surface area contributed by atoms with Crippen molar-refractivity contribution in [3.05, 3.63) is 0 Å². The van der Waals surface area contributed by atoms with E-state index in [1.165, 1.54) is 0 Å². The van der Waals surface area contributed by atoms with Crippen molar-refractivity contribution in [2.24, 2.45) is 11.7 Å².